The minimum atomic E-state index is -0.783. The third kappa shape index (κ3) is 1.70. The number of amides is 1. The highest BCUT2D eigenvalue weighted by atomic mass is 19.1. The highest BCUT2D eigenvalue weighted by molar-refractivity contribution is 5.95. The lowest BCUT2D eigenvalue weighted by atomic mass is 10.0. The Bertz CT molecular complexity index is 472. The van der Waals surface area contributed by atoms with Gasteiger partial charge in [-0.05, 0) is 24.5 Å². The number of fused-ring (bicyclic) bond motifs is 1. The summed E-state index contributed by atoms with van der Waals surface area (Å²) in [6.45, 7) is 2.18. The zero-order valence-corrected chi connectivity index (χ0v) is 9.83. The third-order valence-corrected chi connectivity index (χ3v) is 3.88. The quantitative estimate of drug-likeness (QED) is 0.819. The van der Waals surface area contributed by atoms with Crippen LogP contribution < -0.4 is 5.32 Å². The zero-order chi connectivity index (χ0) is 12.7. The predicted octanol–water partition coefficient (Wildman–Crippen LogP) is 1.40. The van der Waals surface area contributed by atoms with Crippen LogP contribution in [0.25, 0.3) is 0 Å². The molecule has 0 unspecified atom stereocenters. The Morgan fingerprint density at radius 1 is 1.28 bits per heavy atom. The van der Waals surface area contributed by atoms with E-state index in [-0.39, 0.29) is 6.04 Å². The highest BCUT2D eigenvalue weighted by Gasteiger charge is 2.41. The fourth-order valence-electron chi connectivity index (χ4n) is 2.95. The number of nitrogens with zero attached hydrogens (tertiary/aromatic N) is 1. The molecule has 2 aliphatic rings. The summed E-state index contributed by atoms with van der Waals surface area (Å²) in [6, 6.07) is 3.59. The topological polar surface area (TPSA) is 32.3 Å². The zero-order valence-electron chi connectivity index (χ0n) is 9.83. The fraction of sp³-hybridized carbons (Fsp3) is 0.462. The van der Waals surface area contributed by atoms with E-state index in [2.05, 4.69) is 5.32 Å². The van der Waals surface area contributed by atoms with Crippen LogP contribution in [0, 0.1) is 17.6 Å². The number of halogens is 2. The van der Waals surface area contributed by atoms with Crippen molar-refractivity contribution in [1.82, 2.24) is 10.2 Å². The summed E-state index contributed by atoms with van der Waals surface area (Å²) in [4.78, 5) is 13.9. The summed E-state index contributed by atoms with van der Waals surface area (Å²) in [5.41, 5.74) is -0.426. The van der Waals surface area contributed by atoms with Gasteiger partial charge in [-0.15, -0.1) is 0 Å². The van der Waals surface area contributed by atoms with Crippen molar-refractivity contribution in [2.24, 2.45) is 5.92 Å². The van der Waals surface area contributed by atoms with Crippen LogP contribution in [-0.4, -0.2) is 36.5 Å². The molecule has 0 radical (unpaired) electrons. The van der Waals surface area contributed by atoms with Gasteiger partial charge in [0.1, 0.15) is 17.2 Å². The molecule has 2 saturated heterocycles. The molecule has 0 saturated carbocycles. The fourth-order valence-corrected chi connectivity index (χ4v) is 2.95. The number of carbonyl (C=O) groups is 1. The minimum Gasteiger partial charge on any atom is -0.334 e. The molecule has 0 aliphatic carbocycles. The van der Waals surface area contributed by atoms with Gasteiger partial charge in [0, 0.05) is 25.7 Å². The number of nitrogens with one attached hydrogen (secondary N) is 1. The maximum atomic E-state index is 13.6. The lowest BCUT2D eigenvalue weighted by Crippen LogP contribution is -2.39. The first-order chi connectivity index (χ1) is 8.68. The molecule has 2 aliphatic heterocycles. The molecular formula is C13H14F2N2O. The lowest BCUT2D eigenvalue weighted by molar-refractivity contribution is 0.0727. The molecule has 0 bridgehead atoms. The molecule has 1 amide bonds. The SMILES string of the molecule is O=C(c1c(F)cccc1F)N1CC[C@H]2CNC[C@H]21. The van der Waals surface area contributed by atoms with Crippen LogP contribution in [-0.2, 0) is 0 Å². The van der Waals surface area contributed by atoms with Gasteiger partial charge in [-0.25, -0.2) is 8.78 Å². The Kier molecular flexibility index (Phi) is 2.78. The number of benzene rings is 1. The maximum absolute atomic E-state index is 13.6. The average Bonchev–Trinajstić information content (AvgIpc) is 2.89. The Morgan fingerprint density at radius 3 is 2.72 bits per heavy atom. The van der Waals surface area contributed by atoms with Crippen molar-refractivity contribution in [3.05, 3.63) is 35.4 Å². The second-order valence-electron chi connectivity index (χ2n) is 4.87. The molecule has 1 aromatic rings. The van der Waals surface area contributed by atoms with Crippen molar-refractivity contribution in [3.63, 3.8) is 0 Å². The van der Waals surface area contributed by atoms with Crippen molar-refractivity contribution >= 4 is 5.91 Å². The van der Waals surface area contributed by atoms with Gasteiger partial charge in [-0.3, -0.25) is 4.79 Å². The van der Waals surface area contributed by atoms with Gasteiger partial charge in [0.15, 0.2) is 0 Å². The average molecular weight is 252 g/mol. The van der Waals surface area contributed by atoms with E-state index in [4.69, 9.17) is 0 Å². The third-order valence-electron chi connectivity index (χ3n) is 3.88. The number of rotatable bonds is 1. The molecule has 5 heteroatoms. The van der Waals surface area contributed by atoms with Crippen molar-refractivity contribution < 1.29 is 13.6 Å². The first-order valence-electron chi connectivity index (χ1n) is 6.14. The van der Waals surface area contributed by atoms with E-state index in [9.17, 15) is 13.6 Å². The summed E-state index contributed by atoms with van der Waals surface area (Å²) >= 11 is 0. The smallest absolute Gasteiger partial charge is 0.260 e. The van der Waals surface area contributed by atoms with Crippen LogP contribution in [0.15, 0.2) is 18.2 Å². The Labute approximate surface area is 104 Å². The van der Waals surface area contributed by atoms with E-state index in [1.807, 2.05) is 0 Å². The van der Waals surface area contributed by atoms with E-state index in [1.54, 1.807) is 4.90 Å². The molecule has 1 N–H and O–H groups in total. The summed E-state index contributed by atoms with van der Waals surface area (Å²) in [5.74, 6) is -1.67. The number of hydrogen-bond acceptors (Lipinski definition) is 2. The van der Waals surface area contributed by atoms with E-state index in [1.165, 1.54) is 6.07 Å². The molecule has 3 nitrogen and oxygen atoms in total. The second-order valence-corrected chi connectivity index (χ2v) is 4.87. The Morgan fingerprint density at radius 2 is 2.00 bits per heavy atom. The number of hydrogen-bond donors (Lipinski definition) is 1. The summed E-state index contributed by atoms with van der Waals surface area (Å²) in [7, 11) is 0. The molecular weight excluding hydrogens is 238 g/mol. The Balaban J connectivity index is 1.91. The van der Waals surface area contributed by atoms with Crippen molar-refractivity contribution in [2.45, 2.75) is 12.5 Å². The van der Waals surface area contributed by atoms with Gasteiger partial charge in [0.25, 0.3) is 5.91 Å². The van der Waals surface area contributed by atoms with Crippen LogP contribution in [0.2, 0.25) is 0 Å². The number of carbonyl (C=O) groups excluding carboxylic acids is 1. The van der Waals surface area contributed by atoms with Crippen LogP contribution in [0.3, 0.4) is 0 Å². The molecule has 2 atom stereocenters. The lowest BCUT2D eigenvalue weighted by Gasteiger charge is -2.23. The van der Waals surface area contributed by atoms with E-state index >= 15 is 0 Å². The van der Waals surface area contributed by atoms with Crippen LogP contribution in [0.4, 0.5) is 8.78 Å². The van der Waals surface area contributed by atoms with Gasteiger partial charge < -0.3 is 10.2 Å². The molecule has 0 aromatic heterocycles. The van der Waals surface area contributed by atoms with E-state index in [0.717, 1.165) is 25.1 Å². The molecule has 3 rings (SSSR count). The first-order valence-corrected chi connectivity index (χ1v) is 6.14. The van der Waals surface area contributed by atoms with E-state index in [0.29, 0.717) is 19.0 Å². The first kappa shape index (κ1) is 11.6. The van der Waals surface area contributed by atoms with Crippen LogP contribution in [0.1, 0.15) is 16.8 Å². The van der Waals surface area contributed by atoms with Crippen molar-refractivity contribution in [1.29, 1.82) is 0 Å². The summed E-state index contributed by atoms with van der Waals surface area (Å²) in [6.07, 6.45) is 0.902. The monoisotopic (exact) mass is 252 g/mol. The van der Waals surface area contributed by atoms with Crippen LogP contribution in [0.5, 0.6) is 0 Å². The van der Waals surface area contributed by atoms with Gasteiger partial charge in [-0.2, -0.15) is 0 Å². The van der Waals surface area contributed by atoms with Crippen molar-refractivity contribution in [2.75, 3.05) is 19.6 Å². The molecule has 1 aromatic carbocycles. The van der Waals surface area contributed by atoms with Gasteiger partial charge in [0.05, 0.1) is 0 Å². The normalized spacial score (nSPS) is 26.4. The molecule has 0 spiro atoms. The van der Waals surface area contributed by atoms with Crippen molar-refractivity contribution in [3.8, 4) is 0 Å². The van der Waals surface area contributed by atoms with Gasteiger partial charge in [-0.1, -0.05) is 6.07 Å². The number of likely N-dealkylation sites (tertiary alicyclic amines) is 1. The maximum Gasteiger partial charge on any atom is 0.260 e. The van der Waals surface area contributed by atoms with Crippen LogP contribution >= 0.6 is 0 Å². The minimum absolute atomic E-state index is 0.0801. The molecule has 2 heterocycles. The molecule has 2 fully saturated rings. The Hall–Kier alpha value is -1.49. The summed E-state index contributed by atoms with van der Waals surface area (Å²) in [5, 5.41) is 3.21. The second kappa shape index (κ2) is 4.31. The molecule has 18 heavy (non-hydrogen) atoms. The van der Waals surface area contributed by atoms with Gasteiger partial charge in [0.2, 0.25) is 0 Å². The summed E-state index contributed by atoms with van der Waals surface area (Å²) < 4.78 is 27.2. The largest absolute Gasteiger partial charge is 0.334 e. The highest BCUT2D eigenvalue weighted by Crippen LogP contribution is 2.29. The predicted molar refractivity (Wildman–Crippen MR) is 62.2 cm³/mol. The molecule has 96 valence electrons. The van der Waals surface area contributed by atoms with Gasteiger partial charge >= 0.3 is 0 Å². The van der Waals surface area contributed by atoms with E-state index < -0.39 is 23.1 Å². The standard InChI is InChI=1S/C13H14F2N2O/c14-9-2-1-3-10(15)12(9)13(18)17-5-4-8-6-16-7-11(8)17/h1-3,8,11,16H,4-7H2/t8-,11+/m0/s1.